The van der Waals surface area contributed by atoms with E-state index in [-0.39, 0.29) is 23.1 Å². The Hall–Kier alpha value is -4.66. The van der Waals surface area contributed by atoms with Gasteiger partial charge in [0.2, 0.25) is 12.3 Å². The summed E-state index contributed by atoms with van der Waals surface area (Å²) in [5.74, 6) is -2.60. The number of amides is 1. The number of carbonyl (C=O) groups is 2. The zero-order valence-corrected chi connectivity index (χ0v) is 20.9. The number of hydrogen-bond donors (Lipinski definition) is 3. The highest BCUT2D eigenvalue weighted by molar-refractivity contribution is 6.11. The van der Waals surface area contributed by atoms with Gasteiger partial charge in [0.15, 0.2) is 5.78 Å². The molecule has 198 valence electrons. The van der Waals surface area contributed by atoms with E-state index >= 15 is 0 Å². The molecule has 0 fully saturated rings. The second kappa shape index (κ2) is 11.0. The van der Waals surface area contributed by atoms with Crippen molar-refractivity contribution in [3.8, 4) is 11.3 Å². The number of ketones is 1. The van der Waals surface area contributed by atoms with Crippen LogP contribution in [0.15, 0.2) is 79.0 Å². The molecule has 0 bridgehead atoms. The number of Topliss-reactive ketones (excluding diaryl/α,β-unsaturated/α-hetero) is 1. The van der Waals surface area contributed by atoms with Crippen molar-refractivity contribution in [1.82, 2.24) is 9.97 Å². The zero-order valence-electron chi connectivity index (χ0n) is 20.9. The van der Waals surface area contributed by atoms with Gasteiger partial charge in [0.05, 0.1) is 28.6 Å². The number of halogens is 3. The quantitative estimate of drug-likeness (QED) is 0.225. The van der Waals surface area contributed by atoms with Crippen molar-refractivity contribution in [3.63, 3.8) is 0 Å². The van der Waals surface area contributed by atoms with Gasteiger partial charge in [-0.3, -0.25) is 9.59 Å². The number of allylic oxidation sites excluding steroid dienone is 1. The van der Waals surface area contributed by atoms with Crippen LogP contribution in [0.1, 0.15) is 40.9 Å². The first-order valence-electron chi connectivity index (χ1n) is 12.4. The van der Waals surface area contributed by atoms with Gasteiger partial charge < -0.3 is 15.6 Å². The molecule has 2 aromatic heterocycles. The summed E-state index contributed by atoms with van der Waals surface area (Å²) in [4.78, 5) is 33.7. The van der Waals surface area contributed by atoms with Gasteiger partial charge in [0.1, 0.15) is 11.6 Å². The first kappa shape index (κ1) is 26.0. The molecule has 2 aromatic carbocycles. The molecule has 9 heteroatoms. The van der Waals surface area contributed by atoms with E-state index in [4.69, 9.17) is 0 Å². The number of fused-ring (bicyclic) bond motifs is 1. The Morgan fingerprint density at radius 1 is 1.08 bits per heavy atom. The number of hydrogen-bond acceptors (Lipinski definition) is 4. The molecule has 5 rings (SSSR count). The van der Waals surface area contributed by atoms with E-state index < -0.39 is 30.5 Å². The maximum Gasteiger partial charge on any atom is 0.239 e. The molecule has 2 heterocycles. The molecule has 0 saturated carbocycles. The van der Waals surface area contributed by atoms with Crippen molar-refractivity contribution in [3.05, 3.63) is 102 Å². The van der Waals surface area contributed by atoms with E-state index in [0.717, 1.165) is 17.8 Å². The minimum Gasteiger partial charge on any atom is -0.353 e. The number of rotatable bonds is 8. The minimum absolute atomic E-state index is 0.0369. The van der Waals surface area contributed by atoms with E-state index in [1.165, 1.54) is 18.3 Å². The molecule has 6 nitrogen and oxygen atoms in total. The van der Waals surface area contributed by atoms with Crippen molar-refractivity contribution in [1.29, 1.82) is 0 Å². The van der Waals surface area contributed by atoms with Crippen LogP contribution in [0.5, 0.6) is 0 Å². The van der Waals surface area contributed by atoms with Crippen molar-refractivity contribution in [2.45, 2.75) is 25.7 Å². The third-order valence-electron chi connectivity index (χ3n) is 6.59. The van der Waals surface area contributed by atoms with Crippen molar-refractivity contribution < 1.29 is 22.8 Å². The summed E-state index contributed by atoms with van der Waals surface area (Å²) in [6.07, 6.45) is 1.71. The molecule has 3 N–H and O–H groups in total. The summed E-state index contributed by atoms with van der Waals surface area (Å²) in [6.45, 7) is 1.83. The fourth-order valence-electron chi connectivity index (χ4n) is 4.60. The summed E-state index contributed by atoms with van der Waals surface area (Å²) in [5, 5.41) is 5.97. The molecule has 0 radical (unpaired) electrons. The van der Waals surface area contributed by atoms with Gasteiger partial charge in [-0.25, -0.2) is 18.2 Å². The molecule has 2 unspecified atom stereocenters. The van der Waals surface area contributed by atoms with Crippen LogP contribution in [0.25, 0.3) is 17.3 Å². The second-order valence-electron chi connectivity index (χ2n) is 9.32. The van der Waals surface area contributed by atoms with E-state index in [1.54, 1.807) is 12.1 Å². The van der Waals surface area contributed by atoms with Gasteiger partial charge in [-0.2, -0.15) is 0 Å². The van der Waals surface area contributed by atoms with Crippen LogP contribution in [-0.2, 0) is 4.79 Å². The van der Waals surface area contributed by atoms with Gasteiger partial charge in [0, 0.05) is 29.8 Å². The number of carbonyl (C=O) groups excluding carboxylic acids is 2. The molecule has 0 aliphatic heterocycles. The number of H-pyrrole nitrogens is 1. The van der Waals surface area contributed by atoms with Crippen molar-refractivity contribution in [2.75, 3.05) is 10.6 Å². The Balaban J connectivity index is 1.49. The number of pyridine rings is 1. The SMILES string of the molecule is CC1C=Cc2[nH]c(-c3ccnc(NC(=O)C(CC(F)F)c4ccc(F)cc4)c3)c(Nc3ccccc3)c2C1=O. The third-order valence-corrected chi connectivity index (χ3v) is 6.59. The molecule has 0 spiro atoms. The van der Waals surface area contributed by atoms with Crippen LogP contribution in [-0.4, -0.2) is 28.1 Å². The lowest BCUT2D eigenvalue weighted by Gasteiger charge is -2.17. The van der Waals surface area contributed by atoms with Crippen LogP contribution >= 0.6 is 0 Å². The number of aromatic nitrogens is 2. The molecule has 1 aliphatic rings. The summed E-state index contributed by atoms with van der Waals surface area (Å²) < 4.78 is 40.0. The highest BCUT2D eigenvalue weighted by Gasteiger charge is 2.29. The van der Waals surface area contributed by atoms with Crippen LogP contribution in [0.4, 0.5) is 30.4 Å². The Morgan fingerprint density at radius 2 is 1.82 bits per heavy atom. The number of aromatic amines is 1. The predicted octanol–water partition coefficient (Wildman–Crippen LogP) is 7.18. The Morgan fingerprint density at radius 3 is 2.54 bits per heavy atom. The molecule has 0 saturated heterocycles. The summed E-state index contributed by atoms with van der Waals surface area (Å²) in [6, 6.07) is 17.6. The van der Waals surface area contributed by atoms with Gasteiger partial charge >= 0.3 is 0 Å². The van der Waals surface area contributed by atoms with Crippen LogP contribution in [0.2, 0.25) is 0 Å². The van der Waals surface area contributed by atoms with E-state index in [0.29, 0.717) is 28.2 Å². The highest BCUT2D eigenvalue weighted by Crippen LogP contribution is 2.39. The first-order chi connectivity index (χ1) is 18.8. The second-order valence-corrected chi connectivity index (χ2v) is 9.32. The molecule has 4 aromatic rings. The minimum atomic E-state index is -2.74. The Bertz CT molecular complexity index is 1530. The maximum atomic E-state index is 13.4. The molecule has 39 heavy (non-hydrogen) atoms. The van der Waals surface area contributed by atoms with E-state index in [1.807, 2.05) is 49.4 Å². The molecular formula is C30H25F3N4O2. The highest BCUT2D eigenvalue weighted by atomic mass is 19.3. The molecule has 1 amide bonds. The van der Waals surface area contributed by atoms with Crippen LogP contribution in [0, 0.1) is 11.7 Å². The number of nitrogens with zero attached hydrogens (tertiary/aromatic N) is 1. The summed E-state index contributed by atoms with van der Waals surface area (Å²) in [7, 11) is 0. The molecule has 2 atom stereocenters. The monoisotopic (exact) mass is 530 g/mol. The van der Waals surface area contributed by atoms with Gasteiger partial charge in [-0.05, 0) is 48.0 Å². The van der Waals surface area contributed by atoms with E-state index in [9.17, 15) is 22.8 Å². The molecular weight excluding hydrogens is 505 g/mol. The number of alkyl halides is 2. The number of anilines is 3. The molecule has 1 aliphatic carbocycles. The van der Waals surface area contributed by atoms with E-state index in [2.05, 4.69) is 20.6 Å². The lowest BCUT2D eigenvalue weighted by Crippen LogP contribution is -2.23. The number of nitrogens with one attached hydrogen (secondary N) is 3. The van der Waals surface area contributed by atoms with Crippen LogP contribution in [0.3, 0.4) is 0 Å². The summed E-state index contributed by atoms with van der Waals surface area (Å²) in [5.41, 5.74) is 4.05. The first-order valence-corrected chi connectivity index (χ1v) is 12.4. The Kier molecular flexibility index (Phi) is 7.31. The van der Waals surface area contributed by atoms with Gasteiger partial charge in [0.25, 0.3) is 0 Å². The number of para-hydroxylation sites is 1. The maximum absolute atomic E-state index is 13.4. The zero-order chi connectivity index (χ0) is 27.5. The lowest BCUT2D eigenvalue weighted by molar-refractivity contribution is -0.118. The van der Waals surface area contributed by atoms with Gasteiger partial charge in [-0.1, -0.05) is 43.3 Å². The van der Waals surface area contributed by atoms with Gasteiger partial charge in [-0.15, -0.1) is 0 Å². The fourth-order valence-corrected chi connectivity index (χ4v) is 4.60. The number of benzene rings is 2. The smallest absolute Gasteiger partial charge is 0.239 e. The lowest BCUT2D eigenvalue weighted by atomic mass is 9.92. The largest absolute Gasteiger partial charge is 0.353 e. The average Bonchev–Trinajstić information content (AvgIpc) is 3.29. The third kappa shape index (κ3) is 5.62. The fraction of sp³-hybridized carbons (Fsp3) is 0.167. The van der Waals surface area contributed by atoms with Crippen molar-refractivity contribution >= 4 is 35.0 Å². The Labute approximate surface area is 223 Å². The standard InChI is InChI=1S/C30H25F3N4O2/c1-17-7-12-23-26(29(17)38)28(35-21-5-3-2-4-6-21)27(36-23)19-13-14-34-25(15-19)37-30(39)22(16-24(32)33)18-8-10-20(31)11-9-18/h2-15,17,22,24,35-36H,16H2,1H3,(H,34,37,39). The topological polar surface area (TPSA) is 86.9 Å². The normalized spacial score (nSPS) is 15.2. The van der Waals surface area contributed by atoms with Crippen LogP contribution < -0.4 is 10.6 Å². The summed E-state index contributed by atoms with van der Waals surface area (Å²) >= 11 is 0. The predicted molar refractivity (Wildman–Crippen MR) is 145 cm³/mol. The average molecular weight is 531 g/mol. The van der Waals surface area contributed by atoms with Crippen molar-refractivity contribution in [2.24, 2.45) is 5.92 Å².